The molecule has 0 amide bonds. The zero-order valence-corrected chi connectivity index (χ0v) is 11.1. The first-order valence-corrected chi connectivity index (χ1v) is 6.01. The molecule has 0 aromatic rings. The van der Waals surface area contributed by atoms with Gasteiger partial charge in [0.2, 0.25) is 0 Å². The summed E-state index contributed by atoms with van der Waals surface area (Å²) in [6.45, 7) is 8.05. The Morgan fingerprint density at radius 1 is 1.17 bits per heavy atom. The Morgan fingerprint density at radius 3 is 2.44 bits per heavy atom. The van der Waals surface area contributed by atoms with E-state index in [4.69, 9.17) is 24.5 Å². The lowest BCUT2D eigenvalue weighted by Crippen LogP contribution is -2.39. The molecule has 0 radical (unpaired) electrons. The molecule has 1 unspecified atom stereocenters. The average molecular weight is 257 g/mol. The lowest BCUT2D eigenvalue weighted by molar-refractivity contribution is -0.174. The van der Waals surface area contributed by atoms with E-state index in [1.807, 2.05) is 27.7 Å². The van der Waals surface area contributed by atoms with Crippen molar-refractivity contribution >= 4 is 0 Å². The van der Waals surface area contributed by atoms with Crippen molar-refractivity contribution in [2.24, 2.45) is 5.11 Å². The van der Waals surface area contributed by atoms with E-state index in [-0.39, 0.29) is 24.9 Å². The Balaban J connectivity index is 2.07. The van der Waals surface area contributed by atoms with Gasteiger partial charge in [-0.2, -0.15) is 0 Å². The molecule has 0 aliphatic carbocycles. The second-order valence-corrected chi connectivity index (χ2v) is 5.42. The van der Waals surface area contributed by atoms with Gasteiger partial charge in [0.25, 0.3) is 0 Å². The molecule has 0 N–H and O–H groups in total. The minimum absolute atomic E-state index is 0.208. The Kier molecular flexibility index (Phi) is 3.53. The smallest absolute Gasteiger partial charge is 0.163 e. The van der Waals surface area contributed by atoms with Crippen LogP contribution >= 0.6 is 0 Å². The van der Waals surface area contributed by atoms with Crippen LogP contribution in [0.2, 0.25) is 0 Å². The fraction of sp³-hybridized carbons (Fsp3) is 1.00. The molecule has 2 aliphatic rings. The molecule has 0 saturated carbocycles. The van der Waals surface area contributed by atoms with Crippen molar-refractivity contribution in [3.8, 4) is 0 Å². The number of ether oxygens (including phenoxy) is 4. The molecule has 102 valence electrons. The quantitative estimate of drug-likeness (QED) is 0.439. The summed E-state index contributed by atoms with van der Waals surface area (Å²) in [6, 6.07) is 0. The zero-order valence-electron chi connectivity index (χ0n) is 11.1. The molecule has 3 atom stereocenters. The molecule has 2 heterocycles. The first-order chi connectivity index (χ1) is 8.33. The maximum atomic E-state index is 8.40. The molecule has 7 heteroatoms. The van der Waals surface area contributed by atoms with E-state index in [9.17, 15) is 0 Å². The summed E-state index contributed by atoms with van der Waals surface area (Å²) >= 11 is 0. The van der Waals surface area contributed by atoms with Gasteiger partial charge in [-0.1, -0.05) is 5.11 Å². The van der Waals surface area contributed by atoms with Gasteiger partial charge in [-0.15, -0.1) is 0 Å². The van der Waals surface area contributed by atoms with E-state index >= 15 is 0 Å². The van der Waals surface area contributed by atoms with Gasteiger partial charge in [-0.25, -0.2) is 0 Å². The van der Waals surface area contributed by atoms with Crippen LogP contribution in [0.25, 0.3) is 10.4 Å². The number of hydrogen-bond acceptors (Lipinski definition) is 5. The van der Waals surface area contributed by atoms with Crippen LogP contribution in [0.1, 0.15) is 27.7 Å². The average Bonchev–Trinajstić information content (AvgIpc) is 2.75. The molecule has 7 nitrogen and oxygen atoms in total. The Morgan fingerprint density at radius 2 is 1.89 bits per heavy atom. The van der Waals surface area contributed by atoms with Gasteiger partial charge in [0.1, 0.15) is 12.2 Å². The predicted octanol–water partition coefficient (Wildman–Crippen LogP) is 1.97. The predicted molar refractivity (Wildman–Crippen MR) is 62.7 cm³/mol. The van der Waals surface area contributed by atoms with Crippen molar-refractivity contribution in [2.45, 2.75) is 57.6 Å². The maximum absolute atomic E-state index is 8.40. The summed E-state index contributed by atoms with van der Waals surface area (Å²) in [5.74, 6) is -1.31. The van der Waals surface area contributed by atoms with Crippen LogP contribution in [0.5, 0.6) is 0 Å². The SMILES string of the molecule is CC1(C)OCC([C@@H]2OC(C)(C)O[C@H]2CN=[N+]=[N-])O1. The molecule has 18 heavy (non-hydrogen) atoms. The number of hydrogen-bond donors (Lipinski definition) is 0. The monoisotopic (exact) mass is 257 g/mol. The molecular formula is C11H19N3O4. The van der Waals surface area contributed by atoms with E-state index in [1.54, 1.807) is 0 Å². The van der Waals surface area contributed by atoms with Crippen molar-refractivity contribution in [2.75, 3.05) is 13.2 Å². The second-order valence-electron chi connectivity index (χ2n) is 5.42. The van der Waals surface area contributed by atoms with E-state index in [0.29, 0.717) is 6.61 Å². The highest BCUT2D eigenvalue weighted by atomic mass is 16.8. The van der Waals surface area contributed by atoms with Crippen molar-refractivity contribution in [1.82, 2.24) is 0 Å². The van der Waals surface area contributed by atoms with Gasteiger partial charge in [0.05, 0.1) is 19.3 Å². The largest absolute Gasteiger partial charge is 0.348 e. The molecule has 2 fully saturated rings. The van der Waals surface area contributed by atoms with Crippen molar-refractivity contribution < 1.29 is 18.9 Å². The summed E-state index contributed by atoms with van der Waals surface area (Å²) in [6.07, 6.45) is -0.800. The van der Waals surface area contributed by atoms with Crippen LogP contribution in [-0.4, -0.2) is 43.0 Å². The normalized spacial score (nSPS) is 37.4. The van der Waals surface area contributed by atoms with Crippen LogP contribution in [0.15, 0.2) is 5.11 Å². The van der Waals surface area contributed by atoms with E-state index in [1.165, 1.54) is 0 Å². The minimum Gasteiger partial charge on any atom is -0.348 e. The highest BCUT2D eigenvalue weighted by Crippen LogP contribution is 2.35. The van der Waals surface area contributed by atoms with Crippen molar-refractivity contribution in [1.29, 1.82) is 0 Å². The summed E-state index contributed by atoms with van der Waals surface area (Å²) in [5.41, 5.74) is 8.40. The second kappa shape index (κ2) is 4.68. The van der Waals surface area contributed by atoms with E-state index < -0.39 is 11.6 Å². The highest BCUT2D eigenvalue weighted by Gasteiger charge is 2.49. The van der Waals surface area contributed by atoms with Gasteiger partial charge >= 0.3 is 0 Å². The fourth-order valence-corrected chi connectivity index (χ4v) is 2.31. The summed E-state index contributed by atoms with van der Waals surface area (Å²) < 4.78 is 22.8. The van der Waals surface area contributed by atoms with E-state index in [2.05, 4.69) is 10.0 Å². The number of rotatable bonds is 3. The standard InChI is InChI=1S/C11H19N3O4/c1-10(2)15-6-8(17-10)9-7(5-13-14-12)16-11(3,4)18-9/h7-9H,5-6H2,1-4H3/t7-,8?,9+/m0/s1. The van der Waals surface area contributed by atoms with Crippen LogP contribution in [0.3, 0.4) is 0 Å². The van der Waals surface area contributed by atoms with Gasteiger partial charge < -0.3 is 18.9 Å². The van der Waals surface area contributed by atoms with Crippen molar-refractivity contribution in [3.63, 3.8) is 0 Å². The molecule has 0 bridgehead atoms. The van der Waals surface area contributed by atoms with Crippen molar-refractivity contribution in [3.05, 3.63) is 10.4 Å². The first kappa shape index (κ1) is 13.6. The molecule has 0 aromatic heterocycles. The van der Waals surface area contributed by atoms with Gasteiger partial charge in [0, 0.05) is 4.91 Å². The highest BCUT2D eigenvalue weighted by molar-refractivity contribution is 4.91. The van der Waals surface area contributed by atoms with Gasteiger partial charge in [-0.05, 0) is 33.2 Å². The van der Waals surface area contributed by atoms with Gasteiger partial charge in [0.15, 0.2) is 11.6 Å². The Bertz CT molecular complexity index is 365. The number of azide groups is 1. The van der Waals surface area contributed by atoms with Crippen LogP contribution < -0.4 is 0 Å². The molecule has 2 saturated heterocycles. The lowest BCUT2D eigenvalue weighted by atomic mass is 10.1. The lowest BCUT2D eigenvalue weighted by Gasteiger charge is -2.23. The Hall–Kier alpha value is -0.850. The molecule has 2 rings (SSSR count). The maximum Gasteiger partial charge on any atom is 0.163 e. The third-order valence-electron chi connectivity index (χ3n) is 2.94. The van der Waals surface area contributed by atoms with E-state index in [0.717, 1.165) is 0 Å². The van der Waals surface area contributed by atoms with Gasteiger partial charge in [-0.3, -0.25) is 0 Å². The van der Waals surface area contributed by atoms with Crippen LogP contribution in [0, 0.1) is 0 Å². The molecule has 2 aliphatic heterocycles. The van der Waals surface area contributed by atoms with Crippen LogP contribution in [0.4, 0.5) is 0 Å². The third-order valence-corrected chi connectivity index (χ3v) is 2.94. The third kappa shape index (κ3) is 2.93. The fourth-order valence-electron chi connectivity index (χ4n) is 2.31. The van der Waals surface area contributed by atoms with Crippen LogP contribution in [-0.2, 0) is 18.9 Å². The summed E-state index contributed by atoms with van der Waals surface area (Å²) in [5, 5.41) is 3.56. The Labute approximate surface area is 106 Å². The minimum atomic E-state index is -0.698. The summed E-state index contributed by atoms with van der Waals surface area (Å²) in [4.78, 5) is 2.75. The number of nitrogens with zero attached hydrogens (tertiary/aromatic N) is 3. The molecule has 0 aromatic carbocycles. The molecule has 0 spiro atoms. The topological polar surface area (TPSA) is 85.7 Å². The first-order valence-electron chi connectivity index (χ1n) is 6.01. The molecular weight excluding hydrogens is 238 g/mol. The summed E-state index contributed by atoms with van der Waals surface area (Å²) in [7, 11) is 0. The zero-order chi connectivity index (χ0) is 13.4.